The van der Waals surface area contributed by atoms with E-state index in [1.54, 1.807) is 4.90 Å². The molecule has 0 spiro atoms. The Morgan fingerprint density at radius 3 is 2.47 bits per heavy atom. The first-order valence-electron chi connectivity index (χ1n) is 6.68. The predicted molar refractivity (Wildman–Crippen MR) is 75.0 cm³/mol. The number of rotatable bonds is 3. The monoisotopic (exact) mass is 262 g/mol. The van der Waals surface area contributed by atoms with E-state index in [-0.39, 0.29) is 17.6 Å². The van der Waals surface area contributed by atoms with E-state index >= 15 is 0 Å². The van der Waals surface area contributed by atoms with Crippen molar-refractivity contribution in [2.75, 3.05) is 19.6 Å². The van der Waals surface area contributed by atoms with Crippen LogP contribution < -0.4 is 5.73 Å². The molecule has 0 aromatic heterocycles. The summed E-state index contributed by atoms with van der Waals surface area (Å²) in [4.78, 5) is 13.3. The highest BCUT2D eigenvalue weighted by molar-refractivity contribution is 5.70. The van der Waals surface area contributed by atoms with E-state index in [0.29, 0.717) is 19.6 Å². The van der Waals surface area contributed by atoms with Gasteiger partial charge in [-0.1, -0.05) is 45.0 Å². The number of cyclic esters (lactones) is 1. The van der Waals surface area contributed by atoms with Gasteiger partial charge >= 0.3 is 6.09 Å². The lowest BCUT2D eigenvalue weighted by atomic mass is 9.86. The molecule has 2 rings (SSSR count). The molecule has 4 nitrogen and oxygen atoms in total. The smallest absolute Gasteiger partial charge is 0.410 e. The van der Waals surface area contributed by atoms with E-state index in [0.717, 1.165) is 5.56 Å². The molecule has 0 aliphatic carbocycles. The van der Waals surface area contributed by atoms with Crippen LogP contribution in [0.2, 0.25) is 0 Å². The first-order chi connectivity index (χ1) is 8.91. The van der Waals surface area contributed by atoms with Crippen molar-refractivity contribution in [3.8, 4) is 0 Å². The molecule has 1 aliphatic rings. The number of ether oxygens (including phenoxy) is 1. The third kappa shape index (κ3) is 3.07. The molecule has 1 unspecified atom stereocenters. The van der Waals surface area contributed by atoms with E-state index in [9.17, 15) is 4.79 Å². The van der Waals surface area contributed by atoms with Gasteiger partial charge < -0.3 is 15.4 Å². The Morgan fingerprint density at radius 2 is 1.95 bits per heavy atom. The summed E-state index contributed by atoms with van der Waals surface area (Å²) in [5.41, 5.74) is 7.93. The lowest BCUT2D eigenvalue weighted by Gasteiger charge is -2.19. The molecule has 104 valence electrons. The lowest BCUT2D eigenvalue weighted by molar-refractivity contribution is 0.133. The van der Waals surface area contributed by atoms with Crippen LogP contribution in [0.4, 0.5) is 4.79 Å². The molecule has 1 amide bonds. The van der Waals surface area contributed by atoms with Gasteiger partial charge in [-0.15, -0.1) is 0 Å². The molecule has 0 radical (unpaired) electrons. The molecule has 1 aromatic carbocycles. The molecule has 1 atom stereocenters. The highest BCUT2D eigenvalue weighted by atomic mass is 16.6. The fraction of sp³-hybridized carbons (Fsp3) is 0.533. The standard InChI is InChI=1S/C15H22N2O2/c1-15(2,3)12-6-4-11(5-7-12)13-10-17(9-8-16)14(18)19-13/h4-7,13H,8-10,16H2,1-3H3. The number of nitrogens with two attached hydrogens (primary N) is 1. The van der Waals surface area contributed by atoms with E-state index in [1.807, 2.05) is 12.1 Å². The maximum absolute atomic E-state index is 11.6. The van der Waals surface area contributed by atoms with Crippen molar-refractivity contribution < 1.29 is 9.53 Å². The average Bonchev–Trinajstić information content (AvgIpc) is 2.71. The van der Waals surface area contributed by atoms with Gasteiger partial charge in [0.15, 0.2) is 0 Å². The fourth-order valence-corrected chi connectivity index (χ4v) is 2.22. The molecule has 2 N–H and O–H groups in total. The van der Waals surface area contributed by atoms with Crippen LogP contribution in [-0.2, 0) is 10.2 Å². The highest BCUT2D eigenvalue weighted by Gasteiger charge is 2.31. The average molecular weight is 262 g/mol. The molecule has 0 bridgehead atoms. The minimum Gasteiger partial charge on any atom is -0.439 e. The zero-order chi connectivity index (χ0) is 14.0. The number of benzene rings is 1. The molecule has 1 fully saturated rings. The first-order valence-corrected chi connectivity index (χ1v) is 6.68. The largest absolute Gasteiger partial charge is 0.439 e. The van der Waals surface area contributed by atoms with E-state index in [1.165, 1.54) is 5.56 Å². The van der Waals surface area contributed by atoms with Crippen LogP contribution in [0.5, 0.6) is 0 Å². The minimum absolute atomic E-state index is 0.135. The summed E-state index contributed by atoms with van der Waals surface area (Å²) >= 11 is 0. The SMILES string of the molecule is CC(C)(C)c1ccc(C2CN(CCN)C(=O)O2)cc1. The first kappa shape index (κ1) is 13.9. The van der Waals surface area contributed by atoms with Gasteiger partial charge in [0.05, 0.1) is 6.54 Å². The van der Waals surface area contributed by atoms with Gasteiger partial charge in [-0.25, -0.2) is 4.79 Å². The van der Waals surface area contributed by atoms with Gasteiger partial charge in [0.2, 0.25) is 0 Å². The van der Waals surface area contributed by atoms with Crippen LogP contribution in [0.3, 0.4) is 0 Å². The summed E-state index contributed by atoms with van der Waals surface area (Å²) in [6, 6.07) is 8.30. The van der Waals surface area contributed by atoms with E-state index < -0.39 is 0 Å². The maximum Gasteiger partial charge on any atom is 0.410 e. The van der Waals surface area contributed by atoms with Crippen molar-refractivity contribution in [1.29, 1.82) is 0 Å². The molecule has 0 saturated carbocycles. The Hall–Kier alpha value is -1.55. The van der Waals surface area contributed by atoms with Crippen LogP contribution in [0.1, 0.15) is 38.0 Å². The molecule has 1 saturated heterocycles. The van der Waals surface area contributed by atoms with Gasteiger partial charge in [0.1, 0.15) is 6.10 Å². The lowest BCUT2D eigenvalue weighted by Crippen LogP contribution is -2.30. The number of hydrogen-bond acceptors (Lipinski definition) is 3. The molecule has 1 heterocycles. The highest BCUT2D eigenvalue weighted by Crippen LogP contribution is 2.28. The van der Waals surface area contributed by atoms with Crippen molar-refractivity contribution >= 4 is 6.09 Å². The van der Waals surface area contributed by atoms with Crippen LogP contribution in [0.15, 0.2) is 24.3 Å². The van der Waals surface area contributed by atoms with Gasteiger partial charge in [0.25, 0.3) is 0 Å². The summed E-state index contributed by atoms with van der Waals surface area (Å²) in [5, 5.41) is 0. The summed E-state index contributed by atoms with van der Waals surface area (Å²) < 4.78 is 5.37. The number of carbonyl (C=O) groups is 1. The second kappa shape index (κ2) is 5.21. The van der Waals surface area contributed by atoms with E-state index in [4.69, 9.17) is 10.5 Å². The van der Waals surface area contributed by atoms with Crippen molar-refractivity contribution in [2.45, 2.75) is 32.3 Å². The number of hydrogen-bond donors (Lipinski definition) is 1. The van der Waals surface area contributed by atoms with Crippen LogP contribution in [-0.4, -0.2) is 30.6 Å². The zero-order valence-corrected chi connectivity index (χ0v) is 11.8. The minimum atomic E-state index is -0.268. The molecule has 1 aromatic rings. The number of amides is 1. The Morgan fingerprint density at radius 1 is 1.32 bits per heavy atom. The second-order valence-corrected chi connectivity index (χ2v) is 5.98. The third-order valence-corrected chi connectivity index (χ3v) is 3.43. The zero-order valence-electron chi connectivity index (χ0n) is 11.8. The summed E-state index contributed by atoms with van der Waals surface area (Å²) in [7, 11) is 0. The molecule has 19 heavy (non-hydrogen) atoms. The van der Waals surface area contributed by atoms with Gasteiger partial charge in [-0.2, -0.15) is 0 Å². The quantitative estimate of drug-likeness (QED) is 0.910. The van der Waals surface area contributed by atoms with Crippen LogP contribution in [0.25, 0.3) is 0 Å². The summed E-state index contributed by atoms with van der Waals surface area (Å²) in [6.45, 7) is 8.15. The summed E-state index contributed by atoms with van der Waals surface area (Å²) in [5.74, 6) is 0. The number of carbonyl (C=O) groups excluding carboxylic acids is 1. The van der Waals surface area contributed by atoms with Crippen molar-refractivity contribution in [3.63, 3.8) is 0 Å². The van der Waals surface area contributed by atoms with E-state index in [2.05, 4.69) is 32.9 Å². The van der Waals surface area contributed by atoms with Crippen LogP contribution in [0, 0.1) is 0 Å². The molecular weight excluding hydrogens is 240 g/mol. The Labute approximate surface area is 114 Å². The van der Waals surface area contributed by atoms with Gasteiger partial charge in [-0.3, -0.25) is 0 Å². The fourth-order valence-electron chi connectivity index (χ4n) is 2.22. The maximum atomic E-state index is 11.6. The normalized spacial score (nSPS) is 19.7. The van der Waals surface area contributed by atoms with Crippen molar-refractivity contribution in [3.05, 3.63) is 35.4 Å². The third-order valence-electron chi connectivity index (χ3n) is 3.43. The topological polar surface area (TPSA) is 55.6 Å². The second-order valence-electron chi connectivity index (χ2n) is 5.98. The van der Waals surface area contributed by atoms with Crippen molar-refractivity contribution in [1.82, 2.24) is 4.90 Å². The Kier molecular flexibility index (Phi) is 3.80. The number of nitrogens with zero attached hydrogens (tertiary/aromatic N) is 1. The molecule has 4 heteroatoms. The van der Waals surface area contributed by atoms with Crippen molar-refractivity contribution in [2.24, 2.45) is 5.73 Å². The predicted octanol–water partition coefficient (Wildman–Crippen LogP) is 2.44. The Bertz CT molecular complexity index is 448. The molecule has 1 aliphatic heterocycles. The molecular formula is C15H22N2O2. The van der Waals surface area contributed by atoms with Crippen LogP contribution >= 0.6 is 0 Å². The Balaban J connectivity index is 2.10. The van der Waals surface area contributed by atoms with Gasteiger partial charge in [-0.05, 0) is 16.5 Å². The van der Waals surface area contributed by atoms with Gasteiger partial charge in [0, 0.05) is 13.1 Å². The summed E-state index contributed by atoms with van der Waals surface area (Å²) in [6.07, 6.45) is -0.441.